The molecule has 0 saturated heterocycles. The summed E-state index contributed by atoms with van der Waals surface area (Å²) < 4.78 is 0. The summed E-state index contributed by atoms with van der Waals surface area (Å²) in [6.07, 6.45) is 0. The molecule has 0 aliphatic carbocycles. The lowest BCUT2D eigenvalue weighted by atomic mass is 9.93. The van der Waals surface area contributed by atoms with Gasteiger partial charge in [0.1, 0.15) is 0 Å². The fourth-order valence-corrected chi connectivity index (χ4v) is 3.05. The highest BCUT2D eigenvalue weighted by molar-refractivity contribution is 6.07. The van der Waals surface area contributed by atoms with Crippen molar-refractivity contribution in [1.29, 1.82) is 0 Å². The number of fused-ring (bicyclic) bond motifs is 2. The van der Waals surface area contributed by atoms with Crippen molar-refractivity contribution in [2.75, 3.05) is 0 Å². The molecule has 4 aromatic carbocycles. The minimum atomic E-state index is 0.468. The van der Waals surface area contributed by atoms with Crippen LogP contribution in [0.5, 0.6) is 5.75 Å². The van der Waals surface area contributed by atoms with Crippen LogP contribution in [0.3, 0.4) is 0 Å². The van der Waals surface area contributed by atoms with Crippen molar-refractivity contribution in [3.05, 3.63) is 78.9 Å². The van der Waals surface area contributed by atoms with Crippen LogP contribution in [0.4, 0.5) is 0 Å². The molecule has 1 N–H and O–H groups in total. The van der Waals surface area contributed by atoms with Gasteiger partial charge in [0.25, 0.3) is 0 Å². The molecular weight excluding hydrogens is 272 g/mol. The molecule has 106 valence electrons. The van der Waals surface area contributed by atoms with Gasteiger partial charge in [-0.1, -0.05) is 72.8 Å². The molecule has 0 unspecified atom stereocenters. The molecule has 4 aromatic rings. The normalized spacial score (nSPS) is 11.0. The van der Waals surface area contributed by atoms with E-state index in [0.29, 0.717) is 5.75 Å². The summed E-state index contributed by atoms with van der Waals surface area (Å²) in [5.41, 5.74) is 1.97. The lowest BCUT2D eigenvalue weighted by Gasteiger charge is -2.13. The van der Waals surface area contributed by atoms with Gasteiger partial charge in [-0.2, -0.15) is 0 Å². The van der Waals surface area contributed by atoms with Gasteiger partial charge in [-0.3, -0.25) is 0 Å². The number of benzene rings is 4. The predicted molar refractivity (Wildman–Crippen MR) is 90.1 cm³/mol. The van der Waals surface area contributed by atoms with Gasteiger partial charge >= 0.3 is 0 Å². The third-order valence-corrected chi connectivity index (χ3v) is 4.05. The van der Waals surface area contributed by atoms with E-state index in [2.05, 4.69) is 41.3 Å². The quantitative estimate of drug-likeness (QED) is 0.389. The first-order chi connectivity index (χ1) is 10.9. The predicted octanol–water partition coefficient (Wildman–Crippen LogP) is 5.51. The van der Waals surface area contributed by atoms with E-state index in [4.69, 9.17) is 0 Å². The molecule has 0 aliphatic heterocycles. The Bertz CT molecular complexity index is 968. The largest absolute Gasteiger partial charge is 0.340 e. The third kappa shape index (κ3) is 1.93. The zero-order valence-electron chi connectivity index (χ0n) is 11.9. The molecule has 0 saturated carbocycles. The highest BCUT2D eigenvalue weighted by atomic mass is 17.1. The van der Waals surface area contributed by atoms with E-state index in [1.165, 1.54) is 0 Å². The second-order valence-electron chi connectivity index (χ2n) is 5.28. The summed E-state index contributed by atoms with van der Waals surface area (Å²) in [7, 11) is 0. The summed E-state index contributed by atoms with van der Waals surface area (Å²) >= 11 is 0. The van der Waals surface area contributed by atoms with Crippen LogP contribution in [-0.4, -0.2) is 5.26 Å². The van der Waals surface area contributed by atoms with E-state index in [9.17, 15) is 5.26 Å². The zero-order chi connectivity index (χ0) is 14.9. The van der Waals surface area contributed by atoms with Gasteiger partial charge in [-0.25, -0.2) is 5.26 Å². The van der Waals surface area contributed by atoms with Gasteiger partial charge in [0.15, 0.2) is 5.75 Å². The third-order valence-electron chi connectivity index (χ3n) is 4.05. The molecule has 0 fully saturated rings. The van der Waals surface area contributed by atoms with Gasteiger partial charge in [-0.15, -0.1) is 0 Å². The minimum absolute atomic E-state index is 0.468. The Morgan fingerprint density at radius 1 is 0.591 bits per heavy atom. The van der Waals surface area contributed by atoms with Crippen LogP contribution in [-0.2, 0) is 0 Å². The second kappa shape index (κ2) is 5.17. The van der Waals surface area contributed by atoms with E-state index in [1.54, 1.807) is 6.07 Å². The van der Waals surface area contributed by atoms with E-state index >= 15 is 0 Å². The van der Waals surface area contributed by atoms with Gasteiger partial charge in [0, 0.05) is 5.56 Å². The average Bonchev–Trinajstić information content (AvgIpc) is 2.60. The number of rotatable bonds is 2. The van der Waals surface area contributed by atoms with Gasteiger partial charge in [0.2, 0.25) is 0 Å². The van der Waals surface area contributed by atoms with Crippen LogP contribution in [0.2, 0.25) is 0 Å². The number of hydrogen-bond acceptors (Lipinski definition) is 2. The Morgan fingerprint density at radius 3 is 2.00 bits per heavy atom. The standard InChI is InChI=1S/C20H14O2/c21-22-19-13-12-15-7-2-4-10-17(15)20(19)18-11-5-8-14-6-1-3-9-16(14)18/h1-13,21H. The highest BCUT2D eigenvalue weighted by Gasteiger charge is 2.13. The molecule has 0 spiro atoms. The van der Waals surface area contributed by atoms with Crippen LogP contribution >= 0.6 is 0 Å². The minimum Gasteiger partial charge on any atom is -0.340 e. The molecule has 0 heterocycles. The maximum absolute atomic E-state index is 9.31. The van der Waals surface area contributed by atoms with E-state index in [-0.39, 0.29) is 0 Å². The van der Waals surface area contributed by atoms with Crippen molar-refractivity contribution in [3.63, 3.8) is 0 Å². The average molecular weight is 286 g/mol. The van der Waals surface area contributed by atoms with Crippen LogP contribution in [0.15, 0.2) is 78.9 Å². The lowest BCUT2D eigenvalue weighted by molar-refractivity contribution is -0.136. The van der Waals surface area contributed by atoms with Crippen LogP contribution in [0.1, 0.15) is 0 Å². The first kappa shape index (κ1) is 12.9. The fourth-order valence-electron chi connectivity index (χ4n) is 3.05. The second-order valence-corrected chi connectivity index (χ2v) is 5.28. The van der Waals surface area contributed by atoms with Crippen LogP contribution < -0.4 is 4.89 Å². The van der Waals surface area contributed by atoms with Crippen LogP contribution in [0, 0.1) is 0 Å². The van der Waals surface area contributed by atoms with Crippen molar-refractivity contribution in [3.8, 4) is 16.9 Å². The highest BCUT2D eigenvalue weighted by Crippen LogP contribution is 2.40. The van der Waals surface area contributed by atoms with Crippen molar-refractivity contribution in [1.82, 2.24) is 0 Å². The summed E-state index contributed by atoms with van der Waals surface area (Å²) in [6.45, 7) is 0. The molecule has 0 aromatic heterocycles. The summed E-state index contributed by atoms with van der Waals surface area (Å²) in [5, 5.41) is 13.8. The van der Waals surface area contributed by atoms with Crippen molar-refractivity contribution in [2.45, 2.75) is 0 Å². The Balaban J connectivity index is 2.16. The Kier molecular flexibility index (Phi) is 3.02. The maximum Gasteiger partial charge on any atom is 0.173 e. The van der Waals surface area contributed by atoms with Gasteiger partial charge in [0.05, 0.1) is 0 Å². The summed E-state index contributed by atoms with van der Waals surface area (Å²) in [4.78, 5) is 4.66. The molecule has 4 rings (SSSR count). The SMILES string of the molecule is OOc1ccc2ccccc2c1-c1cccc2ccccc12. The van der Waals surface area contributed by atoms with Crippen molar-refractivity contribution >= 4 is 21.5 Å². The van der Waals surface area contributed by atoms with E-state index in [0.717, 1.165) is 32.7 Å². The molecule has 0 radical (unpaired) electrons. The number of hydrogen-bond donors (Lipinski definition) is 1. The summed E-state index contributed by atoms with van der Waals surface area (Å²) in [5.74, 6) is 0.468. The first-order valence-electron chi connectivity index (χ1n) is 7.20. The smallest absolute Gasteiger partial charge is 0.173 e. The van der Waals surface area contributed by atoms with Crippen molar-refractivity contribution < 1.29 is 10.1 Å². The fraction of sp³-hybridized carbons (Fsp3) is 0. The molecule has 22 heavy (non-hydrogen) atoms. The Hall–Kier alpha value is -2.84. The Morgan fingerprint density at radius 2 is 1.23 bits per heavy atom. The Labute approximate surface area is 128 Å². The lowest BCUT2D eigenvalue weighted by Crippen LogP contribution is -1.91. The van der Waals surface area contributed by atoms with E-state index < -0.39 is 0 Å². The molecule has 0 amide bonds. The molecule has 0 aliphatic rings. The van der Waals surface area contributed by atoms with Crippen molar-refractivity contribution in [2.24, 2.45) is 0 Å². The molecule has 0 bridgehead atoms. The maximum atomic E-state index is 9.31. The molecule has 2 nitrogen and oxygen atoms in total. The molecule has 0 atom stereocenters. The van der Waals surface area contributed by atoms with Gasteiger partial charge < -0.3 is 4.89 Å². The van der Waals surface area contributed by atoms with Crippen LogP contribution in [0.25, 0.3) is 32.7 Å². The molecular formula is C20H14O2. The monoisotopic (exact) mass is 286 g/mol. The van der Waals surface area contributed by atoms with Gasteiger partial charge in [-0.05, 0) is 33.2 Å². The topological polar surface area (TPSA) is 29.5 Å². The summed E-state index contributed by atoms with van der Waals surface area (Å²) in [6, 6.07) is 26.3. The zero-order valence-corrected chi connectivity index (χ0v) is 11.9. The van der Waals surface area contributed by atoms with E-state index in [1.807, 2.05) is 36.4 Å². The molecule has 2 heteroatoms. The first-order valence-corrected chi connectivity index (χ1v) is 7.20.